The maximum Gasteiger partial charge on any atom is 0.0991 e. The van der Waals surface area contributed by atoms with E-state index in [0.29, 0.717) is 12.1 Å². The first-order valence-corrected chi connectivity index (χ1v) is 7.08. The summed E-state index contributed by atoms with van der Waals surface area (Å²) in [6.07, 6.45) is -0.480. The molecule has 0 aliphatic heterocycles. The number of hydrogen-bond donors (Lipinski definition) is 2. The lowest BCUT2D eigenvalue weighted by atomic mass is 10.1. The summed E-state index contributed by atoms with van der Waals surface area (Å²) in [5.74, 6) is 0. The van der Waals surface area contributed by atoms with Gasteiger partial charge in [0.15, 0.2) is 0 Å². The zero-order valence-corrected chi connectivity index (χ0v) is 11.5. The van der Waals surface area contributed by atoms with Gasteiger partial charge in [-0.05, 0) is 47.0 Å². The lowest BCUT2D eigenvalue weighted by molar-refractivity contribution is 0.171. The van der Waals surface area contributed by atoms with E-state index >= 15 is 0 Å². The second-order valence-corrected chi connectivity index (χ2v) is 5.22. The SMILES string of the molecule is CC(NCC(O)c1ccsc1)c1ccc(C#N)cc1. The standard InChI is InChI=1S/C15H16N2OS/c1-11(13-4-2-12(8-16)3-5-13)17-9-15(18)14-6-7-19-10-14/h2-7,10-11,15,17-18H,9H2,1H3. The van der Waals surface area contributed by atoms with Crippen LogP contribution in [-0.4, -0.2) is 11.7 Å². The summed E-state index contributed by atoms with van der Waals surface area (Å²) >= 11 is 1.58. The summed E-state index contributed by atoms with van der Waals surface area (Å²) in [4.78, 5) is 0. The molecule has 4 heteroatoms. The van der Waals surface area contributed by atoms with Crippen LogP contribution in [0, 0.1) is 11.3 Å². The van der Waals surface area contributed by atoms with Gasteiger partial charge in [-0.2, -0.15) is 16.6 Å². The van der Waals surface area contributed by atoms with Crippen LogP contribution in [0.5, 0.6) is 0 Å². The highest BCUT2D eigenvalue weighted by Crippen LogP contribution is 2.18. The summed E-state index contributed by atoms with van der Waals surface area (Å²) in [5.41, 5.74) is 2.72. The number of aliphatic hydroxyl groups is 1. The van der Waals surface area contributed by atoms with Gasteiger partial charge < -0.3 is 10.4 Å². The summed E-state index contributed by atoms with van der Waals surface area (Å²) in [5, 5.41) is 26.0. The predicted molar refractivity (Wildman–Crippen MR) is 76.9 cm³/mol. The molecule has 19 heavy (non-hydrogen) atoms. The first-order valence-electron chi connectivity index (χ1n) is 6.14. The minimum absolute atomic E-state index is 0.140. The van der Waals surface area contributed by atoms with Crippen LogP contribution in [0.2, 0.25) is 0 Å². The molecule has 0 amide bonds. The molecule has 1 aromatic heterocycles. The number of nitrogens with zero attached hydrogens (tertiary/aromatic N) is 1. The van der Waals surface area contributed by atoms with E-state index in [1.165, 1.54) is 0 Å². The van der Waals surface area contributed by atoms with Crippen molar-refractivity contribution in [3.63, 3.8) is 0 Å². The van der Waals surface area contributed by atoms with Gasteiger partial charge in [-0.15, -0.1) is 0 Å². The highest BCUT2D eigenvalue weighted by molar-refractivity contribution is 7.07. The minimum Gasteiger partial charge on any atom is -0.387 e. The van der Waals surface area contributed by atoms with Crippen molar-refractivity contribution in [3.8, 4) is 6.07 Å². The molecular weight excluding hydrogens is 256 g/mol. The Bertz CT molecular complexity index is 543. The molecule has 3 nitrogen and oxygen atoms in total. The monoisotopic (exact) mass is 272 g/mol. The third-order valence-electron chi connectivity index (χ3n) is 3.09. The van der Waals surface area contributed by atoms with Crippen LogP contribution in [0.3, 0.4) is 0 Å². The topological polar surface area (TPSA) is 56.0 Å². The predicted octanol–water partition coefficient (Wildman–Crippen LogP) is 3.00. The average Bonchev–Trinajstić information content (AvgIpc) is 2.98. The van der Waals surface area contributed by atoms with Gasteiger partial charge >= 0.3 is 0 Å². The molecule has 98 valence electrons. The second kappa shape index (κ2) is 6.48. The molecule has 2 unspecified atom stereocenters. The fourth-order valence-corrected chi connectivity index (χ4v) is 2.54. The zero-order valence-electron chi connectivity index (χ0n) is 10.7. The van der Waals surface area contributed by atoms with Crippen molar-refractivity contribution in [1.82, 2.24) is 5.32 Å². The molecule has 2 rings (SSSR count). The Morgan fingerprint density at radius 1 is 1.26 bits per heavy atom. The van der Waals surface area contributed by atoms with Crippen LogP contribution < -0.4 is 5.32 Å². The maximum atomic E-state index is 9.99. The smallest absolute Gasteiger partial charge is 0.0991 e. The summed E-state index contributed by atoms with van der Waals surface area (Å²) < 4.78 is 0. The molecule has 0 spiro atoms. The van der Waals surface area contributed by atoms with Crippen molar-refractivity contribution < 1.29 is 5.11 Å². The molecule has 0 radical (unpaired) electrons. The van der Waals surface area contributed by atoms with Gasteiger partial charge in [-0.1, -0.05) is 12.1 Å². The Kier molecular flexibility index (Phi) is 4.69. The lowest BCUT2D eigenvalue weighted by Gasteiger charge is -2.17. The molecule has 0 bridgehead atoms. The molecular formula is C15H16N2OS. The molecule has 0 fully saturated rings. The van der Waals surface area contributed by atoms with Crippen LogP contribution in [0.15, 0.2) is 41.1 Å². The maximum absolute atomic E-state index is 9.99. The highest BCUT2D eigenvalue weighted by atomic mass is 32.1. The van der Waals surface area contributed by atoms with Gasteiger partial charge in [-0.3, -0.25) is 0 Å². The second-order valence-electron chi connectivity index (χ2n) is 4.44. The average molecular weight is 272 g/mol. The van der Waals surface area contributed by atoms with Crippen molar-refractivity contribution in [3.05, 3.63) is 57.8 Å². The third kappa shape index (κ3) is 3.65. The minimum atomic E-state index is -0.480. The van der Waals surface area contributed by atoms with Gasteiger partial charge in [0.25, 0.3) is 0 Å². The van der Waals surface area contributed by atoms with Crippen molar-refractivity contribution >= 4 is 11.3 Å². The normalized spacial score (nSPS) is 13.7. The first-order chi connectivity index (χ1) is 9.20. The quantitative estimate of drug-likeness (QED) is 0.879. The van der Waals surface area contributed by atoms with E-state index in [9.17, 15) is 5.11 Å². The van der Waals surface area contributed by atoms with E-state index in [1.54, 1.807) is 11.3 Å². The van der Waals surface area contributed by atoms with E-state index in [0.717, 1.165) is 11.1 Å². The Hall–Kier alpha value is -1.67. The number of aliphatic hydroxyl groups excluding tert-OH is 1. The lowest BCUT2D eigenvalue weighted by Crippen LogP contribution is -2.24. The summed E-state index contributed by atoms with van der Waals surface area (Å²) in [6, 6.07) is 11.7. The number of nitrogens with one attached hydrogen (secondary N) is 1. The third-order valence-corrected chi connectivity index (χ3v) is 3.79. The van der Waals surface area contributed by atoms with E-state index in [4.69, 9.17) is 5.26 Å². The molecule has 2 aromatic rings. The molecule has 0 aliphatic rings. The number of thiophene rings is 1. The largest absolute Gasteiger partial charge is 0.387 e. The van der Waals surface area contributed by atoms with Gasteiger partial charge in [0.1, 0.15) is 0 Å². The number of hydrogen-bond acceptors (Lipinski definition) is 4. The molecule has 2 N–H and O–H groups in total. The van der Waals surface area contributed by atoms with Crippen molar-refractivity contribution in [2.75, 3.05) is 6.54 Å². The van der Waals surface area contributed by atoms with Gasteiger partial charge in [0.05, 0.1) is 17.7 Å². The molecule has 0 saturated carbocycles. The van der Waals surface area contributed by atoms with Gasteiger partial charge in [-0.25, -0.2) is 0 Å². The van der Waals surface area contributed by atoms with Crippen LogP contribution in [-0.2, 0) is 0 Å². The fourth-order valence-electron chi connectivity index (χ4n) is 1.84. The van der Waals surface area contributed by atoms with Crippen LogP contribution in [0.1, 0.15) is 35.8 Å². The molecule has 1 aromatic carbocycles. The fraction of sp³-hybridized carbons (Fsp3) is 0.267. The highest BCUT2D eigenvalue weighted by Gasteiger charge is 2.10. The number of benzene rings is 1. The van der Waals surface area contributed by atoms with Gasteiger partial charge in [0.2, 0.25) is 0 Å². The van der Waals surface area contributed by atoms with Crippen LogP contribution in [0.4, 0.5) is 0 Å². The molecule has 2 atom stereocenters. The zero-order chi connectivity index (χ0) is 13.7. The Morgan fingerprint density at radius 3 is 2.58 bits per heavy atom. The van der Waals surface area contributed by atoms with E-state index in [-0.39, 0.29) is 6.04 Å². The summed E-state index contributed by atoms with van der Waals surface area (Å²) in [6.45, 7) is 2.56. The van der Waals surface area contributed by atoms with Crippen molar-refractivity contribution in [2.24, 2.45) is 0 Å². The van der Waals surface area contributed by atoms with Crippen molar-refractivity contribution in [1.29, 1.82) is 5.26 Å². The van der Waals surface area contributed by atoms with E-state index < -0.39 is 6.10 Å². The first kappa shape index (κ1) is 13.8. The van der Waals surface area contributed by atoms with Gasteiger partial charge in [0, 0.05) is 12.6 Å². The number of nitriles is 1. The van der Waals surface area contributed by atoms with E-state index in [2.05, 4.69) is 11.4 Å². The van der Waals surface area contributed by atoms with Crippen LogP contribution in [0.25, 0.3) is 0 Å². The Balaban J connectivity index is 1.90. The Labute approximate surface area is 117 Å². The summed E-state index contributed by atoms with van der Waals surface area (Å²) in [7, 11) is 0. The number of rotatable bonds is 5. The molecule has 0 aliphatic carbocycles. The van der Waals surface area contributed by atoms with E-state index in [1.807, 2.05) is 48.0 Å². The molecule has 0 saturated heterocycles. The van der Waals surface area contributed by atoms with Crippen LogP contribution >= 0.6 is 11.3 Å². The molecule has 1 heterocycles. The van der Waals surface area contributed by atoms with Crippen molar-refractivity contribution in [2.45, 2.75) is 19.1 Å². The Morgan fingerprint density at radius 2 is 2.00 bits per heavy atom.